The molecule has 78 heavy (non-hydrogen) atoms. The van der Waals surface area contributed by atoms with Crippen molar-refractivity contribution in [3.63, 3.8) is 0 Å². The van der Waals surface area contributed by atoms with Crippen LogP contribution in [0.2, 0.25) is 0 Å². The van der Waals surface area contributed by atoms with Crippen LogP contribution < -0.4 is 15.5 Å². The zero-order valence-electron chi connectivity index (χ0n) is 43.9. The van der Waals surface area contributed by atoms with Crippen LogP contribution in [0.25, 0.3) is 133 Å². The lowest BCUT2D eigenvalue weighted by atomic mass is 9.80. The molecule has 0 radical (unpaired) electrons. The van der Waals surface area contributed by atoms with E-state index in [4.69, 9.17) is 17.7 Å². The molecule has 0 saturated heterocycles. The van der Waals surface area contributed by atoms with E-state index in [2.05, 4.69) is 234 Å². The van der Waals surface area contributed by atoms with E-state index in [1.165, 1.54) is 44.5 Å². The number of furan rings is 4. The monoisotopic (exact) mass is 1010 g/mol. The third-order valence-corrected chi connectivity index (χ3v) is 17.4. The summed E-state index contributed by atoms with van der Waals surface area (Å²) in [7, 11) is 0. The summed E-state index contributed by atoms with van der Waals surface area (Å²) in [4.78, 5) is 2.43. The van der Waals surface area contributed by atoms with Crippen molar-refractivity contribution in [3.05, 3.63) is 234 Å². The van der Waals surface area contributed by atoms with Gasteiger partial charge in [0.2, 0.25) is 0 Å². The second-order valence-electron chi connectivity index (χ2n) is 22.2. The molecule has 0 spiro atoms. The summed E-state index contributed by atoms with van der Waals surface area (Å²) < 4.78 is 27.4. The third-order valence-electron chi connectivity index (χ3n) is 17.4. The van der Waals surface area contributed by atoms with Gasteiger partial charge in [0.15, 0.2) is 0 Å². The van der Waals surface area contributed by atoms with Gasteiger partial charge in [0.1, 0.15) is 44.5 Å². The Morgan fingerprint density at radius 2 is 0.846 bits per heavy atom. The topological polar surface area (TPSA) is 55.8 Å². The van der Waals surface area contributed by atoms with Crippen LogP contribution in [0.15, 0.2) is 218 Å². The van der Waals surface area contributed by atoms with Crippen LogP contribution in [0.1, 0.15) is 56.9 Å². The lowest BCUT2D eigenvalue weighted by Crippen LogP contribution is -2.18. The van der Waals surface area contributed by atoms with Gasteiger partial charge in [-0.2, -0.15) is 0 Å². The average Bonchev–Trinajstić information content (AvgIpc) is 4.24. The van der Waals surface area contributed by atoms with Gasteiger partial charge in [-0.1, -0.05) is 168 Å². The van der Waals surface area contributed by atoms with Gasteiger partial charge in [-0.15, -0.1) is 0 Å². The zero-order valence-corrected chi connectivity index (χ0v) is 43.9. The largest absolute Gasteiger partial charge is 0.455 e. The molecule has 14 aromatic rings. The van der Waals surface area contributed by atoms with Crippen molar-refractivity contribution in [2.24, 2.45) is 0 Å². The summed E-state index contributed by atoms with van der Waals surface area (Å²) >= 11 is 0. The van der Waals surface area contributed by atoms with E-state index < -0.39 is 5.41 Å². The predicted octanol–water partition coefficient (Wildman–Crippen LogP) is 19.3. The van der Waals surface area contributed by atoms with Crippen LogP contribution in [0.3, 0.4) is 0 Å². The molecule has 16 rings (SSSR count). The highest BCUT2D eigenvalue weighted by Crippen LogP contribution is 2.59. The van der Waals surface area contributed by atoms with Gasteiger partial charge in [-0.05, 0) is 124 Å². The van der Waals surface area contributed by atoms with Crippen LogP contribution >= 0.6 is 0 Å². The van der Waals surface area contributed by atoms with Crippen molar-refractivity contribution in [2.75, 3.05) is 4.90 Å². The van der Waals surface area contributed by atoms with E-state index >= 15 is 0 Å². The second-order valence-corrected chi connectivity index (χ2v) is 22.2. The predicted molar refractivity (Wildman–Crippen MR) is 323 cm³/mol. The summed E-state index contributed by atoms with van der Waals surface area (Å²) in [5, 5.41) is 8.78. The summed E-state index contributed by atoms with van der Waals surface area (Å²) in [5.41, 5.74) is 23.3. The number of rotatable bonds is 6. The zero-order chi connectivity index (χ0) is 52.3. The van der Waals surface area contributed by atoms with Crippen molar-refractivity contribution in [2.45, 2.75) is 45.4 Å². The van der Waals surface area contributed by atoms with Crippen LogP contribution in [0, 0.1) is 0 Å². The number of nitrogens with zero attached hydrogens (tertiary/aromatic N) is 1. The van der Waals surface area contributed by atoms with Gasteiger partial charge in [0, 0.05) is 93.1 Å². The normalized spacial score (nSPS) is 14.6. The average molecular weight is 1010 g/mol. The van der Waals surface area contributed by atoms with Gasteiger partial charge in [-0.3, -0.25) is 0 Å². The van der Waals surface area contributed by atoms with Gasteiger partial charge < -0.3 is 22.6 Å². The van der Waals surface area contributed by atoms with Gasteiger partial charge in [-0.25, -0.2) is 0 Å². The fourth-order valence-electron chi connectivity index (χ4n) is 13.7. The van der Waals surface area contributed by atoms with Crippen molar-refractivity contribution in [1.82, 2.24) is 0 Å². The van der Waals surface area contributed by atoms with E-state index in [1.54, 1.807) is 6.08 Å². The number of anilines is 3. The Bertz CT molecular complexity index is 5070. The number of para-hydroxylation sites is 6. The van der Waals surface area contributed by atoms with Gasteiger partial charge in [0.25, 0.3) is 0 Å². The molecule has 0 fully saturated rings. The van der Waals surface area contributed by atoms with Crippen molar-refractivity contribution >= 4 is 106 Å². The first-order valence-electron chi connectivity index (χ1n) is 27.0. The molecule has 0 N–H and O–H groups in total. The molecule has 2 aliphatic carbocycles. The highest BCUT2D eigenvalue weighted by Gasteiger charge is 2.42. The number of fused-ring (bicyclic) bond motifs is 18. The molecule has 10 aromatic carbocycles. The Labute approximate surface area is 449 Å². The standard InChI is InChI=1S/C73H51NO4/c1-7-20-60-44(8-2)46-26-18-28-48(68(46)75-60)54-39-58-64(66-52-24-13-16-31-62(52)77-70(54)66)50-35-33-42(37-56(50)72(58,3)4)74(41-21-10-9-11-22-41)43-34-36-51-57(38-43)73(5,6)59-40-55(71-67(65(51)59)53-25-14-17-32-63(53)78-71)49-29-19-27-47-45-23-12-15-30-61(45)76-69(47)49/h7-40H,1H2,2-6H3/b44-8-,60-20+. The maximum atomic E-state index is 6.97. The number of allylic oxidation sites excluding steroid dienone is 1. The van der Waals surface area contributed by atoms with E-state index in [9.17, 15) is 0 Å². The molecule has 4 aromatic heterocycles. The first-order chi connectivity index (χ1) is 38.1. The Morgan fingerprint density at radius 3 is 1.38 bits per heavy atom. The minimum Gasteiger partial charge on any atom is -0.455 e. The Balaban J connectivity index is 0.879. The molecule has 2 aliphatic rings. The fraction of sp³-hybridized carbons (Fsp3) is 0.0959. The Kier molecular flexibility index (Phi) is 9.16. The molecular formula is C73H51NO4. The number of benzene rings is 10. The quantitative estimate of drug-likeness (QED) is 0.166. The molecule has 0 bridgehead atoms. The molecule has 5 nitrogen and oxygen atoms in total. The fourth-order valence-corrected chi connectivity index (χ4v) is 13.7. The lowest BCUT2D eigenvalue weighted by Gasteiger charge is -2.29. The minimum absolute atomic E-state index is 0.383. The number of hydrogen-bond acceptors (Lipinski definition) is 5. The maximum Gasteiger partial charge on any atom is 0.144 e. The van der Waals surface area contributed by atoms with Crippen LogP contribution in [-0.4, -0.2) is 0 Å². The highest BCUT2D eigenvalue weighted by molar-refractivity contribution is 6.22. The molecule has 0 amide bonds. The smallest absolute Gasteiger partial charge is 0.144 e. The van der Waals surface area contributed by atoms with Crippen molar-refractivity contribution in [1.29, 1.82) is 0 Å². The first-order valence-corrected chi connectivity index (χ1v) is 27.0. The van der Waals surface area contributed by atoms with Crippen LogP contribution in [0.4, 0.5) is 17.1 Å². The van der Waals surface area contributed by atoms with Crippen molar-refractivity contribution in [3.8, 4) is 44.5 Å². The third kappa shape index (κ3) is 5.96. The van der Waals surface area contributed by atoms with Crippen molar-refractivity contribution < 1.29 is 17.7 Å². The second kappa shape index (κ2) is 16.0. The van der Waals surface area contributed by atoms with Gasteiger partial charge in [0.05, 0.1) is 0 Å². The summed E-state index contributed by atoms with van der Waals surface area (Å²) in [6.07, 6.45) is 5.85. The highest BCUT2D eigenvalue weighted by atomic mass is 16.3. The molecule has 0 aliphatic heterocycles. The Hall–Kier alpha value is -9.58. The lowest BCUT2D eigenvalue weighted by molar-refractivity contribution is 0.576. The molecular weight excluding hydrogens is 955 g/mol. The van der Waals surface area contributed by atoms with Crippen LogP contribution in [0.5, 0.6) is 0 Å². The minimum atomic E-state index is -0.393. The number of hydrogen-bond donors (Lipinski definition) is 0. The van der Waals surface area contributed by atoms with E-state index in [0.717, 1.165) is 127 Å². The van der Waals surface area contributed by atoms with E-state index in [1.807, 2.05) is 12.1 Å². The molecule has 0 unspecified atom stereocenters. The first kappa shape index (κ1) is 44.7. The van der Waals surface area contributed by atoms with E-state index in [-0.39, 0.29) is 5.41 Å². The summed E-state index contributed by atoms with van der Waals surface area (Å²) in [5.74, 6) is 0. The van der Waals surface area contributed by atoms with E-state index in [0.29, 0.717) is 0 Å². The molecule has 372 valence electrons. The SMILES string of the molecule is C=C/C=c1/oc2c(-c3cc4c(c5c3oc3ccccc35)-c3ccc(N(c5ccccc5)c5ccc6c(c5)C(C)(C)c5cc(-c7cccc8c7oc7ccccc78)c7oc8ccccc8c7c5-6)cc3C4(C)C)cccc2/c1=C/C. The molecule has 0 atom stereocenters. The Morgan fingerprint density at radius 1 is 0.385 bits per heavy atom. The maximum absolute atomic E-state index is 6.97. The van der Waals surface area contributed by atoms with Gasteiger partial charge >= 0.3 is 0 Å². The van der Waals surface area contributed by atoms with Crippen LogP contribution in [-0.2, 0) is 10.8 Å². The molecule has 4 heterocycles. The summed E-state index contributed by atoms with van der Waals surface area (Å²) in [6, 6.07) is 67.9. The molecule has 0 saturated carbocycles. The molecule has 5 heteroatoms. The summed E-state index contributed by atoms with van der Waals surface area (Å²) in [6.45, 7) is 15.6.